The summed E-state index contributed by atoms with van der Waals surface area (Å²) in [6.45, 7) is 4.79. The van der Waals surface area contributed by atoms with Gasteiger partial charge in [0.15, 0.2) is 11.5 Å². The van der Waals surface area contributed by atoms with Crippen molar-refractivity contribution in [2.75, 3.05) is 11.9 Å². The minimum atomic E-state index is 0.668. The van der Waals surface area contributed by atoms with Crippen molar-refractivity contribution in [1.29, 1.82) is 0 Å². The largest absolute Gasteiger partial charge is 0.355 e. The number of aromatic nitrogens is 6. The van der Waals surface area contributed by atoms with Crippen molar-refractivity contribution in [2.24, 2.45) is 7.05 Å². The number of hydrogen-bond donors (Lipinski definition) is 0. The van der Waals surface area contributed by atoms with Crippen LogP contribution in [0.15, 0.2) is 43.0 Å². The van der Waals surface area contributed by atoms with E-state index >= 15 is 0 Å². The molecule has 4 heterocycles. The normalized spacial score (nSPS) is 11.1. The molecule has 0 aliphatic carbocycles. The van der Waals surface area contributed by atoms with E-state index in [4.69, 9.17) is 9.97 Å². The van der Waals surface area contributed by atoms with E-state index in [9.17, 15) is 0 Å². The molecule has 0 amide bonds. The Morgan fingerprint density at radius 1 is 1.00 bits per heavy atom. The molecule has 0 atom stereocenters. The van der Waals surface area contributed by atoms with Crippen LogP contribution in [0.5, 0.6) is 0 Å². The first-order valence-corrected chi connectivity index (χ1v) is 8.77. The molecule has 0 aliphatic heterocycles. The molecule has 0 aliphatic rings. The number of aryl methyl sites for hydroxylation is 3. The van der Waals surface area contributed by atoms with Gasteiger partial charge in [-0.3, -0.25) is 14.6 Å². The van der Waals surface area contributed by atoms with Gasteiger partial charge in [0.1, 0.15) is 5.82 Å². The van der Waals surface area contributed by atoms with Crippen molar-refractivity contribution < 1.29 is 0 Å². The maximum absolute atomic E-state index is 4.89. The Balaban J connectivity index is 1.86. The Labute approximate surface area is 157 Å². The van der Waals surface area contributed by atoms with Crippen LogP contribution in [0.4, 0.5) is 5.82 Å². The zero-order valence-corrected chi connectivity index (χ0v) is 15.9. The van der Waals surface area contributed by atoms with Crippen LogP contribution in [0.2, 0.25) is 0 Å². The maximum Gasteiger partial charge on any atom is 0.164 e. The lowest BCUT2D eigenvalue weighted by Gasteiger charge is -2.21. The highest BCUT2D eigenvalue weighted by molar-refractivity contribution is 5.91. The van der Waals surface area contributed by atoms with Gasteiger partial charge in [0.25, 0.3) is 0 Å². The Kier molecular flexibility index (Phi) is 4.27. The topological polar surface area (TPSA) is 72.6 Å². The summed E-state index contributed by atoms with van der Waals surface area (Å²) in [4.78, 5) is 20.1. The van der Waals surface area contributed by atoms with E-state index < -0.39 is 0 Å². The van der Waals surface area contributed by atoms with Crippen LogP contribution in [-0.4, -0.2) is 36.8 Å². The number of anilines is 1. The zero-order chi connectivity index (χ0) is 19.0. The molecule has 4 rings (SSSR count). The molecular formula is C20H21N7. The van der Waals surface area contributed by atoms with E-state index in [1.54, 1.807) is 12.4 Å². The molecule has 0 radical (unpaired) electrons. The van der Waals surface area contributed by atoms with Gasteiger partial charge in [0.2, 0.25) is 0 Å². The fourth-order valence-corrected chi connectivity index (χ4v) is 3.23. The molecular weight excluding hydrogens is 338 g/mol. The molecule has 27 heavy (non-hydrogen) atoms. The standard InChI is InChI=1S/C20H21N7/c1-13-11-22-10-7-16(13)12-26(3)19-17-14(2)25-27(4)20(17)24-18(23-19)15-5-8-21-9-6-15/h5-11H,12H2,1-4H3. The summed E-state index contributed by atoms with van der Waals surface area (Å²) < 4.78 is 1.81. The summed E-state index contributed by atoms with van der Waals surface area (Å²) in [5.74, 6) is 1.54. The van der Waals surface area contributed by atoms with E-state index in [1.807, 2.05) is 56.3 Å². The fourth-order valence-electron chi connectivity index (χ4n) is 3.23. The molecule has 0 bridgehead atoms. The van der Waals surface area contributed by atoms with E-state index in [0.717, 1.165) is 40.2 Å². The lowest BCUT2D eigenvalue weighted by atomic mass is 10.1. The van der Waals surface area contributed by atoms with Gasteiger partial charge >= 0.3 is 0 Å². The van der Waals surface area contributed by atoms with Gasteiger partial charge < -0.3 is 4.90 Å². The Bertz CT molecular complexity index is 1100. The van der Waals surface area contributed by atoms with Gasteiger partial charge in [-0.25, -0.2) is 9.97 Å². The van der Waals surface area contributed by atoms with Crippen LogP contribution in [-0.2, 0) is 13.6 Å². The Hall–Kier alpha value is -3.35. The Morgan fingerprint density at radius 2 is 1.74 bits per heavy atom. The minimum absolute atomic E-state index is 0.668. The highest BCUT2D eigenvalue weighted by Crippen LogP contribution is 2.30. The van der Waals surface area contributed by atoms with Crippen molar-refractivity contribution >= 4 is 16.9 Å². The summed E-state index contributed by atoms with van der Waals surface area (Å²) in [5.41, 5.74) is 5.04. The molecule has 7 nitrogen and oxygen atoms in total. The third-order valence-electron chi connectivity index (χ3n) is 4.68. The summed E-state index contributed by atoms with van der Waals surface area (Å²) >= 11 is 0. The Morgan fingerprint density at radius 3 is 2.48 bits per heavy atom. The molecule has 0 N–H and O–H groups in total. The number of rotatable bonds is 4. The predicted molar refractivity (Wildman–Crippen MR) is 105 cm³/mol. The maximum atomic E-state index is 4.89. The summed E-state index contributed by atoms with van der Waals surface area (Å²) in [6, 6.07) is 5.88. The molecule has 0 fully saturated rings. The zero-order valence-electron chi connectivity index (χ0n) is 15.9. The van der Waals surface area contributed by atoms with Crippen molar-refractivity contribution in [1.82, 2.24) is 29.7 Å². The second-order valence-electron chi connectivity index (χ2n) is 6.67. The first-order chi connectivity index (χ1) is 13.0. The fraction of sp³-hybridized carbons (Fsp3) is 0.250. The van der Waals surface area contributed by atoms with E-state index in [0.29, 0.717) is 5.82 Å². The number of pyridine rings is 2. The average Bonchev–Trinajstić information content (AvgIpc) is 2.97. The van der Waals surface area contributed by atoms with Gasteiger partial charge in [-0.05, 0) is 43.2 Å². The smallest absolute Gasteiger partial charge is 0.164 e. The van der Waals surface area contributed by atoms with Crippen molar-refractivity contribution in [3.8, 4) is 11.4 Å². The van der Waals surface area contributed by atoms with E-state index in [1.165, 1.54) is 5.56 Å². The van der Waals surface area contributed by atoms with Gasteiger partial charge in [-0.15, -0.1) is 0 Å². The van der Waals surface area contributed by atoms with E-state index in [2.05, 4.69) is 26.9 Å². The quantitative estimate of drug-likeness (QED) is 0.558. The van der Waals surface area contributed by atoms with Crippen molar-refractivity contribution in [3.05, 3.63) is 59.8 Å². The SMILES string of the molecule is Cc1cnccc1CN(C)c1nc(-c2ccncc2)nc2c1c(C)nn2C. The molecule has 0 aromatic carbocycles. The van der Waals surface area contributed by atoms with Gasteiger partial charge in [-0.1, -0.05) is 0 Å². The van der Waals surface area contributed by atoms with Crippen LogP contribution in [0, 0.1) is 13.8 Å². The number of fused-ring (bicyclic) bond motifs is 1. The molecule has 4 aromatic rings. The lowest BCUT2D eigenvalue weighted by molar-refractivity contribution is 0.773. The third-order valence-corrected chi connectivity index (χ3v) is 4.68. The predicted octanol–water partition coefficient (Wildman–Crippen LogP) is 3.07. The molecule has 4 aromatic heterocycles. The second-order valence-corrected chi connectivity index (χ2v) is 6.67. The number of hydrogen-bond acceptors (Lipinski definition) is 6. The lowest BCUT2D eigenvalue weighted by Crippen LogP contribution is -2.19. The van der Waals surface area contributed by atoms with Crippen LogP contribution >= 0.6 is 0 Å². The molecule has 0 unspecified atom stereocenters. The average molecular weight is 359 g/mol. The first-order valence-electron chi connectivity index (χ1n) is 8.77. The molecule has 0 saturated heterocycles. The van der Waals surface area contributed by atoms with Crippen LogP contribution in [0.3, 0.4) is 0 Å². The molecule has 136 valence electrons. The van der Waals surface area contributed by atoms with Crippen molar-refractivity contribution in [2.45, 2.75) is 20.4 Å². The van der Waals surface area contributed by atoms with Crippen LogP contribution < -0.4 is 4.90 Å². The summed E-state index contributed by atoms with van der Waals surface area (Å²) in [5, 5.41) is 5.53. The monoisotopic (exact) mass is 359 g/mol. The second kappa shape index (κ2) is 6.75. The highest BCUT2D eigenvalue weighted by atomic mass is 15.3. The molecule has 0 spiro atoms. The summed E-state index contributed by atoms with van der Waals surface area (Å²) in [6.07, 6.45) is 7.21. The number of nitrogens with zero attached hydrogens (tertiary/aromatic N) is 7. The minimum Gasteiger partial charge on any atom is -0.355 e. The molecule has 7 heteroatoms. The van der Waals surface area contributed by atoms with E-state index in [-0.39, 0.29) is 0 Å². The summed E-state index contributed by atoms with van der Waals surface area (Å²) in [7, 11) is 3.96. The molecule has 0 saturated carbocycles. The highest BCUT2D eigenvalue weighted by Gasteiger charge is 2.19. The first kappa shape index (κ1) is 17.1. The van der Waals surface area contributed by atoms with Gasteiger partial charge in [0.05, 0.1) is 11.1 Å². The van der Waals surface area contributed by atoms with Crippen molar-refractivity contribution in [3.63, 3.8) is 0 Å². The van der Waals surface area contributed by atoms with Gasteiger partial charge in [0, 0.05) is 51.0 Å². The van der Waals surface area contributed by atoms with Gasteiger partial charge in [-0.2, -0.15) is 5.10 Å². The van der Waals surface area contributed by atoms with Crippen LogP contribution in [0.1, 0.15) is 16.8 Å². The third kappa shape index (κ3) is 3.12. The van der Waals surface area contributed by atoms with Crippen LogP contribution in [0.25, 0.3) is 22.4 Å².